The fourth-order valence-corrected chi connectivity index (χ4v) is 2.20. The van der Waals surface area contributed by atoms with E-state index in [0.717, 1.165) is 28.5 Å². The van der Waals surface area contributed by atoms with E-state index >= 15 is 0 Å². The highest BCUT2D eigenvalue weighted by molar-refractivity contribution is 5.72. The first-order chi connectivity index (χ1) is 10.6. The van der Waals surface area contributed by atoms with Crippen molar-refractivity contribution >= 4 is 5.91 Å². The van der Waals surface area contributed by atoms with Gasteiger partial charge < -0.3 is 4.74 Å². The van der Waals surface area contributed by atoms with Gasteiger partial charge in [-0.2, -0.15) is 0 Å². The van der Waals surface area contributed by atoms with E-state index in [9.17, 15) is 10.0 Å². The highest BCUT2D eigenvalue weighted by Gasteiger charge is 2.13. The van der Waals surface area contributed by atoms with Gasteiger partial charge in [0.1, 0.15) is 11.5 Å². The number of hydrogen-bond acceptors (Lipinski definition) is 3. The quantitative estimate of drug-likeness (QED) is 0.647. The molecule has 1 N–H and O–H groups in total. The van der Waals surface area contributed by atoms with E-state index in [1.54, 1.807) is 0 Å². The molecule has 0 radical (unpaired) electrons. The Morgan fingerprint density at radius 1 is 1.14 bits per heavy atom. The second-order valence-corrected chi connectivity index (χ2v) is 5.31. The van der Waals surface area contributed by atoms with Gasteiger partial charge in [0.2, 0.25) is 5.91 Å². The van der Waals surface area contributed by atoms with Crippen molar-refractivity contribution in [3.63, 3.8) is 0 Å². The van der Waals surface area contributed by atoms with Crippen LogP contribution in [0.3, 0.4) is 0 Å². The molecular formula is C18H21NO3. The zero-order valence-corrected chi connectivity index (χ0v) is 12.9. The van der Waals surface area contributed by atoms with Crippen LogP contribution in [0.4, 0.5) is 0 Å². The van der Waals surface area contributed by atoms with E-state index in [0.29, 0.717) is 6.42 Å². The Hall–Kier alpha value is -2.33. The van der Waals surface area contributed by atoms with E-state index in [1.807, 2.05) is 61.5 Å². The van der Waals surface area contributed by atoms with Crippen LogP contribution < -0.4 is 4.74 Å². The van der Waals surface area contributed by atoms with E-state index in [-0.39, 0.29) is 11.9 Å². The molecule has 1 amide bonds. The van der Waals surface area contributed by atoms with Crippen LogP contribution in [0, 0.1) is 0 Å². The number of ether oxygens (including phenoxy) is 1. The molecule has 1 unspecified atom stereocenters. The van der Waals surface area contributed by atoms with Gasteiger partial charge in [-0.3, -0.25) is 10.0 Å². The molecule has 4 nitrogen and oxygen atoms in total. The van der Waals surface area contributed by atoms with Crippen molar-refractivity contribution < 1.29 is 14.7 Å². The van der Waals surface area contributed by atoms with Crippen molar-refractivity contribution in [3.05, 3.63) is 60.2 Å². The van der Waals surface area contributed by atoms with Crippen LogP contribution >= 0.6 is 0 Å². The number of carbonyl (C=O) groups excluding carboxylic acids is 1. The minimum absolute atomic E-state index is 0.212. The Labute approximate surface area is 130 Å². The summed E-state index contributed by atoms with van der Waals surface area (Å²) in [6.07, 6.45) is 1.45. The fraction of sp³-hybridized carbons (Fsp3) is 0.278. The van der Waals surface area contributed by atoms with Crippen LogP contribution in [-0.4, -0.2) is 22.2 Å². The summed E-state index contributed by atoms with van der Waals surface area (Å²) in [5.74, 6) is 1.24. The highest BCUT2D eigenvalue weighted by Crippen LogP contribution is 2.22. The Morgan fingerprint density at radius 3 is 2.50 bits per heavy atom. The van der Waals surface area contributed by atoms with Crippen molar-refractivity contribution in [1.29, 1.82) is 0 Å². The van der Waals surface area contributed by atoms with Crippen LogP contribution in [0.25, 0.3) is 0 Å². The number of benzene rings is 2. The summed E-state index contributed by atoms with van der Waals surface area (Å²) in [6, 6.07) is 17.3. The first-order valence-corrected chi connectivity index (χ1v) is 7.37. The number of carbonyl (C=O) groups is 1. The maximum Gasteiger partial charge on any atom is 0.243 e. The number of nitrogens with zero attached hydrogens (tertiary/aromatic N) is 1. The number of amides is 1. The third kappa shape index (κ3) is 4.60. The summed E-state index contributed by atoms with van der Waals surface area (Å²) in [7, 11) is 0. The van der Waals surface area contributed by atoms with E-state index in [2.05, 4.69) is 0 Å². The lowest BCUT2D eigenvalue weighted by Crippen LogP contribution is -2.34. The zero-order valence-electron chi connectivity index (χ0n) is 12.9. The van der Waals surface area contributed by atoms with Gasteiger partial charge in [0.15, 0.2) is 0 Å². The summed E-state index contributed by atoms with van der Waals surface area (Å²) in [6.45, 7) is 3.18. The molecule has 0 aliphatic heterocycles. The van der Waals surface area contributed by atoms with E-state index in [1.165, 1.54) is 6.92 Å². The first-order valence-electron chi connectivity index (χ1n) is 7.37. The highest BCUT2D eigenvalue weighted by atomic mass is 16.5. The van der Waals surface area contributed by atoms with Crippen molar-refractivity contribution in [1.82, 2.24) is 5.06 Å². The van der Waals surface area contributed by atoms with Gasteiger partial charge in [0.05, 0.1) is 6.04 Å². The monoisotopic (exact) mass is 299 g/mol. The van der Waals surface area contributed by atoms with Gasteiger partial charge in [-0.05, 0) is 49.6 Å². The van der Waals surface area contributed by atoms with Crippen molar-refractivity contribution in [2.45, 2.75) is 32.7 Å². The molecule has 2 aromatic carbocycles. The summed E-state index contributed by atoms with van der Waals surface area (Å²) < 4.78 is 5.80. The smallest absolute Gasteiger partial charge is 0.243 e. The number of hydroxylamine groups is 2. The molecule has 1 atom stereocenters. The molecule has 2 aromatic rings. The lowest BCUT2D eigenvalue weighted by molar-refractivity contribution is -0.172. The normalized spacial score (nSPS) is 11.8. The summed E-state index contributed by atoms with van der Waals surface area (Å²) in [4.78, 5) is 11.1. The van der Waals surface area contributed by atoms with Crippen LogP contribution in [-0.2, 0) is 11.2 Å². The van der Waals surface area contributed by atoms with Crippen LogP contribution in [0.2, 0.25) is 0 Å². The topological polar surface area (TPSA) is 49.8 Å². The fourth-order valence-electron chi connectivity index (χ4n) is 2.20. The molecule has 0 saturated heterocycles. The molecule has 116 valence electrons. The van der Waals surface area contributed by atoms with Gasteiger partial charge >= 0.3 is 0 Å². The Balaban J connectivity index is 1.95. The van der Waals surface area contributed by atoms with Crippen LogP contribution in [0.1, 0.15) is 25.8 Å². The van der Waals surface area contributed by atoms with E-state index < -0.39 is 0 Å². The predicted octanol–water partition coefficient (Wildman–Crippen LogP) is 4.04. The van der Waals surface area contributed by atoms with Crippen molar-refractivity contribution in [2.24, 2.45) is 0 Å². The second kappa shape index (κ2) is 7.61. The molecular weight excluding hydrogens is 278 g/mol. The Bertz CT molecular complexity index is 613. The lowest BCUT2D eigenvalue weighted by Gasteiger charge is -2.21. The number of aryl methyl sites for hydroxylation is 1. The van der Waals surface area contributed by atoms with Crippen LogP contribution in [0.5, 0.6) is 11.5 Å². The number of rotatable bonds is 6. The van der Waals surface area contributed by atoms with Gasteiger partial charge in [-0.15, -0.1) is 0 Å². The SMILES string of the molecule is CC(=O)N(O)C(C)CCc1cccc(Oc2ccccc2)c1. The van der Waals surface area contributed by atoms with Crippen LogP contribution in [0.15, 0.2) is 54.6 Å². The third-order valence-electron chi connectivity index (χ3n) is 3.47. The molecule has 0 aromatic heterocycles. The number of para-hydroxylation sites is 1. The molecule has 2 rings (SSSR count). The summed E-state index contributed by atoms with van der Waals surface area (Å²) in [5.41, 5.74) is 1.11. The number of hydrogen-bond donors (Lipinski definition) is 1. The summed E-state index contributed by atoms with van der Waals surface area (Å²) in [5, 5.41) is 10.4. The molecule has 0 aliphatic rings. The van der Waals surface area contributed by atoms with E-state index in [4.69, 9.17) is 4.74 Å². The van der Waals surface area contributed by atoms with Gasteiger partial charge in [0.25, 0.3) is 0 Å². The largest absolute Gasteiger partial charge is 0.457 e. The molecule has 22 heavy (non-hydrogen) atoms. The zero-order chi connectivity index (χ0) is 15.9. The van der Waals surface area contributed by atoms with Gasteiger partial charge in [-0.25, -0.2) is 5.06 Å². The Kier molecular flexibility index (Phi) is 5.55. The molecule has 0 aliphatic carbocycles. The minimum Gasteiger partial charge on any atom is -0.457 e. The average molecular weight is 299 g/mol. The third-order valence-corrected chi connectivity index (χ3v) is 3.47. The first kappa shape index (κ1) is 16.0. The molecule has 0 heterocycles. The average Bonchev–Trinajstić information content (AvgIpc) is 2.53. The maximum atomic E-state index is 11.1. The molecule has 4 heteroatoms. The molecule has 0 fully saturated rings. The standard InChI is InChI=1S/C18H21NO3/c1-14(19(21)15(2)20)11-12-16-7-6-10-18(13-16)22-17-8-4-3-5-9-17/h3-10,13-14,21H,11-12H2,1-2H3. The molecule has 0 spiro atoms. The van der Waals surface area contributed by atoms with Gasteiger partial charge in [-0.1, -0.05) is 30.3 Å². The summed E-state index contributed by atoms with van der Waals surface area (Å²) >= 11 is 0. The van der Waals surface area contributed by atoms with Crippen molar-refractivity contribution in [2.75, 3.05) is 0 Å². The second-order valence-electron chi connectivity index (χ2n) is 5.31. The predicted molar refractivity (Wildman–Crippen MR) is 85.0 cm³/mol. The maximum absolute atomic E-state index is 11.1. The molecule has 0 bridgehead atoms. The molecule has 0 saturated carbocycles. The Morgan fingerprint density at radius 2 is 1.82 bits per heavy atom. The van der Waals surface area contributed by atoms with Gasteiger partial charge in [0, 0.05) is 6.92 Å². The van der Waals surface area contributed by atoms with Crippen molar-refractivity contribution in [3.8, 4) is 11.5 Å². The minimum atomic E-state index is -0.339. The lowest BCUT2D eigenvalue weighted by atomic mass is 10.1.